The van der Waals surface area contributed by atoms with Gasteiger partial charge in [-0.3, -0.25) is 4.79 Å². The van der Waals surface area contributed by atoms with Gasteiger partial charge in [-0.25, -0.2) is 10.9 Å². The summed E-state index contributed by atoms with van der Waals surface area (Å²) in [6.07, 6.45) is -6.71. The van der Waals surface area contributed by atoms with Crippen LogP contribution in [0.15, 0.2) is 30.3 Å². The zero-order valence-electron chi connectivity index (χ0n) is 10.4. The molecule has 19 heavy (non-hydrogen) atoms. The fourth-order valence-electron chi connectivity index (χ4n) is 1.48. The van der Waals surface area contributed by atoms with Gasteiger partial charge in [0, 0.05) is 0 Å². The molecule has 0 aliphatic carbocycles. The van der Waals surface area contributed by atoms with Crippen LogP contribution in [-0.2, 0) is 4.79 Å². The van der Waals surface area contributed by atoms with Gasteiger partial charge in [-0.2, -0.15) is 0 Å². The second kappa shape index (κ2) is 6.60. The van der Waals surface area contributed by atoms with Crippen LogP contribution in [0.1, 0.15) is 6.92 Å². The van der Waals surface area contributed by atoms with Gasteiger partial charge in [-0.05, 0) is 19.1 Å². The largest absolute Gasteiger partial charge is 0.391 e. The van der Waals surface area contributed by atoms with E-state index in [9.17, 15) is 20.1 Å². The Kier molecular flexibility index (Phi) is 5.40. The highest BCUT2D eigenvalue weighted by Gasteiger charge is 2.34. The molecule has 6 N–H and O–H groups in total. The van der Waals surface area contributed by atoms with Gasteiger partial charge >= 0.3 is 0 Å². The number of nitrogens with zero attached hydrogens (tertiary/aromatic N) is 1. The van der Waals surface area contributed by atoms with Gasteiger partial charge in [0.2, 0.25) is 0 Å². The number of para-hydroxylation sites is 1. The molecule has 0 saturated heterocycles. The van der Waals surface area contributed by atoms with Gasteiger partial charge in [0.1, 0.15) is 12.2 Å². The van der Waals surface area contributed by atoms with Gasteiger partial charge in [0.15, 0.2) is 6.10 Å². The van der Waals surface area contributed by atoms with Crippen molar-refractivity contribution in [3.63, 3.8) is 0 Å². The summed E-state index contributed by atoms with van der Waals surface area (Å²) in [4.78, 5) is 11.8. The van der Waals surface area contributed by atoms with E-state index in [0.29, 0.717) is 10.7 Å². The van der Waals surface area contributed by atoms with E-state index in [2.05, 4.69) is 0 Å². The van der Waals surface area contributed by atoms with Gasteiger partial charge in [0.05, 0.1) is 11.8 Å². The highest BCUT2D eigenvalue weighted by Crippen LogP contribution is 2.13. The third kappa shape index (κ3) is 3.72. The maximum Gasteiger partial charge on any atom is 0.272 e. The zero-order valence-corrected chi connectivity index (χ0v) is 10.4. The number of aliphatic hydroxyl groups excluding tert-OH is 4. The highest BCUT2D eigenvalue weighted by molar-refractivity contribution is 5.95. The molecule has 0 aromatic heterocycles. The maximum atomic E-state index is 11.8. The number of carbonyl (C=O) groups is 1. The summed E-state index contributed by atoms with van der Waals surface area (Å²) < 4.78 is 0. The van der Waals surface area contributed by atoms with Crippen molar-refractivity contribution in [3.05, 3.63) is 30.3 Å². The van der Waals surface area contributed by atoms with Crippen molar-refractivity contribution in [1.82, 2.24) is 0 Å². The summed E-state index contributed by atoms with van der Waals surface area (Å²) >= 11 is 0. The summed E-state index contributed by atoms with van der Waals surface area (Å²) in [5, 5.41) is 38.4. The third-order valence-electron chi connectivity index (χ3n) is 2.69. The molecule has 0 bridgehead atoms. The average molecular weight is 270 g/mol. The molecule has 1 aromatic rings. The monoisotopic (exact) mass is 270 g/mol. The van der Waals surface area contributed by atoms with E-state index in [0.717, 1.165) is 0 Å². The van der Waals surface area contributed by atoms with Crippen LogP contribution in [0.2, 0.25) is 0 Å². The Morgan fingerprint density at radius 3 is 2.11 bits per heavy atom. The normalized spacial score (nSPS) is 17.4. The number of rotatable bonds is 5. The van der Waals surface area contributed by atoms with E-state index in [1.54, 1.807) is 30.3 Å². The molecular formula is C12H18N2O5. The molecule has 0 radical (unpaired) electrons. The SMILES string of the molecule is C[C@@H](O)[C@H](O)[C@H](O)[C@@H](O)C(=O)N(N)c1ccccc1. The lowest BCUT2D eigenvalue weighted by Gasteiger charge is -2.27. The maximum absolute atomic E-state index is 11.8. The molecule has 0 aliphatic rings. The third-order valence-corrected chi connectivity index (χ3v) is 2.69. The Hall–Kier alpha value is -1.51. The summed E-state index contributed by atoms with van der Waals surface area (Å²) in [6, 6.07) is 8.11. The number of carbonyl (C=O) groups excluding carboxylic acids is 1. The molecule has 0 aliphatic heterocycles. The first-order valence-corrected chi connectivity index (χ1v) is 5.72. The lowest BCUT2D eigenvalue weighted by atomic mass is 10.0. The molecule has 0 saturated carbocycles. The van der Waals surface area contributed by atoms with Gasteiger partial charge in [-0.1, -0.05) is 18.2 Å². The predicted octanol–water partition coefficient (Wildman–Crippen LogP) is -1.64. The molecule has 0 heterocycles. The van der Waals surface area contributed by atoms with Crippen molar-refractivity contribution in [1.29, 1.82) is 0 Å². The van der Waals surface area contributed by atoms with E-state index in [1.165, 1.54) is 6.92 Å². The number of hydrazine groups is 1. The van der Waals surface area contributed by atoms with Crippen molar-refractivity contribution in [2.24, 2.45) is 5.84 Å². The first kappa shape index (κ1) is 15.5. The van der Waals surface area contributed by atoms with Crippen LogP contribution in [0.3, 0.4) is 0 Å². The molecule has 7 heteroatoms. The molecule has 1 amide bonds. The van der Waals surface area contributed by atoms with Crippen molar-refractivity contribution >= 4 is 11.6 Å². The summed E-state index contributed by atoms with van der Waals surface area (Å²) in [6.45, 7) is 1.22. The smallest absolute Gasteiger partial charge is 0.272 e. The minimum absolute atomic E-state index is 0.324. The fourth-order valence-corrected chi connectivity index (χ4v) is 1.48. The number of anilines is 1. The number of amides is 1. The van der Waals surface area contributed by atoms with Gasteiger partial charge in [0.25, 0.3) is 5.91 Å². The lowest BCUT2D eigenvalue weighted by molar-refractivity contribution is -0.143. The fraction of sp³-hybridized carbons (Fsp3) is 0.417. The van der Waals surface area contributed by atoms with Crippen LogP contribution in [-0.4, -0.2) is 50.7 Å². The molecule has 0 unspecified atom stereocenters. The number of aliphatic hydroxyl groups is 4. The second-order valence-corrected chi connectivity index (χ2v) is 4.21. The van der Waals surface area contributed by atoms with Crippen molar-refractivity contribution in [2.45, 2.75) is 31.3 Å². The van der Waals surface area contributed by atoms with Gasteiger partial charge in [-0.15, -0.1) is 0 Å². The lowest BCUT2D eigenvalue weighted by Crippen LogP contribution is -2.53. The molecule has 0 spiro atoms. The zero-order chi connectivity index (χ0) is 14.6. The number of hydrogen-bond acceptors (Lipinski definition) is 6. The summed E-state index contributed by atoms with van der Waals surface area (Å²) in [5.41, 5.74) is 0.324. The molecule has 4 atom stereocenters. The van der Waals surface area contributed by atoms with Crippen LogP contribution < -0.4 is 10.9 Å². The van der Waals surface area contributed by atoms with E-state index in [-0.39, 0.29) is 0 Å². The van der Waals surface area contributed by atoms with Crippen LogP contribution in [0.5, 0.6) is 0 Å². The number of hydrogen-bond donors (Lipinski definition) is 5. The van der Waals surface area contributed by atoms with Crippen LogP contribution in [0.25, 0.3) is 0 Å². The Bertz CT molecular complexity index is 412. The van der Waals surface area contributed by atoms with E-state index in [1.807, 2.05) is 0 Å². The van der Waals surface area contributed by atoms with E-state index < -0.39 is 30.3 Å². The minimum Gasteiger partial charge on any atom is -0.391 e. The predicted molar refractivity (Wildman–Crippen MR) is 67.8 cm³/mol. The van der Waals surface area contributed by atoms with E-state index in [4.69, 9.17) is 10.9 Å². The van der Waals surface area contributed by atoms with Crippen LogP contribution in [0.4, 0.5) is 5.69 Å². The topological polar surface area (TPSA) is 127 Å². The molecular weight excluding hydrogens is 252 g/mol. The van der Waals surface area contributed by atoms with E-state index >= 15 is 0 Å². The molecule has 106 valence electrons. The standard InChI is InChI=1S/C12H18N2O5/c1-7(15)9(16)10(17)11(18)12(19)14(13)8-5-3-2-4-6-8/h2-7,9-11,15-18H,13H2,1H3/t7-,9+,10+,11-/m1/s1. The Labute approximate surface area is 110 Å². The average Bonchev–Trinajstić information content (AvgIpc) is 2.44. The highest BCUT2D eigenvalue weighted by atomic mass is 16.4. The number of benzene rings is 1. The summed E-state index contributed by atoms with van der Waals surface area (Å²) in [5.74, 6) is 4.53. The first-order chi connectivity index (χ1) is 8.86. The van der Waals surface area contributed by atoms with Crippen LogP contribution >= 0.6 is 0 Å². The Morgan fingerprint density at radius 2 is 1.63 bits per heavy atom. The Balaban J connectivity index is 2.77. The Morgan fingerprint density at radius 1 is 1.11 bits per heavy atom. The van der Waals surface area contributed by atoms with Crippen molar-refractivity contribution < 1.29 is 25.2 Å². The molecule has 0 fully saturated rings. The minimum atomic E-state index is -1.94. The first-order valence-electron chi connectivity index (χ1n) is 5.72. The quantitative estimate of drug-likeness (QED) is 0.248. The molecule has 1 rings (SSSR count). The van der Waals surface area contributed by atoms with Crippen LogP contribution in [0, 0.1) is 0 Å². The van der Waals surface area contributed by atoms with Crippen molar-refractivity contribution in [3.8, 4) is 0 Å². The molecule has 7 nitrogen and oxygen atoms in total. The second-order valence-electron chi connectivity index (χ2n) is 4.21. The molecule has 1 aromatic carbocycles. The summed E-state index contributed by atoms with van der Waals surface area (Å²) in [7, 11) is 0. The van der Waals surface area contributed by atoms with Crippen molar-refractivity contribution in [2.75, 3.05) is 5.01 Å². The number of nitrogens with two attached hydrogens (primary N) is 1. The van der Waals surface area contributed by atoms with Gasteiger partial charge < -0.3 is 20.4 Å².